The average Bonchev–Trinajstić information content (AvgIpc) is 3.08. The number of aryl methyl sites for hydroxylation is 1. The first-order chi connectivity index (χ1) is 13.2. The van der Waals surface area contributed by atoms with Crippen molar-refractivity contribution in [2.45, 2.75) is 11.8 Å². The van der Waals surface area contributed by atoms with Crippen molar-refractivity contribution in [2.75, 3.05) is 7.05 Å². The summed E-state index contributed by atoms with van der Waals surface area (Å²) in [5.41, 5.74) is 2.32. The number of non-ortho nitro benzene ring substituents is 1. The molecule has 2 aromatic heterocycles. The van der Waals surface area contributed by atoms with Gasteiger partial charge in [-0.05, 0) is 30.2 Å². The maximum atomic E-state index is 12.8. The van der Waals surface area contributed by atoms with E-state index in [4.69, 9.17) is 0 Å². The molecule has 0 saturated carbocycles. The first-order valence-electron chi connectivity index (χ1n) is 8.12. The summed E-state index contributed by atoms with van der Waals surface area (Å²) in [6.07, 6.45) is 6.39. The minimum atomic E-state index is -4.06. The van der Waals surface area contributed by atoms with Crippen LogP contribution in [0.15, 0.2) is 59.3 Å². The molecule has 0 fully saturated rings. The van der Waals surface area contributed by atoms with E-state index in [0.717, 1.165) is 21.6 Å². The van der Waals surface area contributed by atoms with E-state index in [-0.39, 0.29) is 10.6 Å². The van der Waals surface area contributed by atoms with Gasteiger partial charge in [-0.1, -0.05) is 18.7 Å². The molecule has 0 aliphatic rings. The largest absolute Gasteiger partial charge is 0.279 e. The Kier molecular flexibility index (Phi) is 4.97. The predicted octanol–water partition coefficient (Wildman–Crippen LogP) is 2.85. The molecule has 0 bridgehead atoms. The van der Waals surface area contributed by atoms with Gasteiger partial charge in [0.15, 0.2) is 0 Å². The van der Waals surface area contributed by atoms with Crippen LogP contribution in [-0.2, 0) is 10.0 Å². The van der Waals surface area contributed by atoms with Crippen LogP contribution in [0.25, 0.3) is 11.6 Å². The van der Waals surface area contributed by atoms with Crippen LogP contribution in [0.1, 0.15) is 16.7 Å². The Bertz CT molecular complexity index is 1210. The van der Waals surface area contributed by atoms with Crippen LogP contribution < -0.4 is 0 Å². The van der Waals surface area contributed by atoms with Gasteiger partial charge in [-0.15, -0.1) is 0 Å². The molecule has 10 heteroatoms. The van der Waals surface area contributed by atoms with Gasteiger partial charge in [0.05, 0.1) is 27.7 Å². The van der Waals surface area contributed by atoms with Crippen molar-refractivity contribution < 1.29 is 13.3 Å². The molecule has 3 rings (SSSR count). The number of nitrogens with zero attached hydrogens (tertiary/aromatic N) is 5. The van der Waals surface area contributed by atoms with Crippen LogP contribution >= 0.6 is 0 Å². The van der Waals surface area contributed by atoms with Crippen molar-refractivity contribution in [3.63, 3.8) is 0 Å². The second-order valence-electron chi connectivity index (χ2n) is 5.98. The smallest absolute Gasteiger partial charge is 0.258 e. The zero-order chi connectivity index (χ0) is 20.5. The fourth-order valence-corrected chi connectivity index (χ4v) is 3.77. The van der Waals surface area contributed by atoms with Crippen molar-refractivity contribution in [2.24, 2.45) is 5.10 Å². The minimum absolute atomic E-state index is 0.171. The molecule has 1 aromatic carbocycles. The highest BCUT2D eigenvalue weighted by Gasteiger charge is 2.24. The number of nitro benzene ring substituents is 1. The van der Waals surface area contributed by atoms with Crippen LogP contribution in [0.5, 0.6) is 0 Å². The lowest BCUT2D eigenvalue weighted by molar-refractivity contribution is -0.385. The Hall–Kier alpha value is -3.53. The summed E-state index contributed by atoms with van der Waals surface area (Å²) >= 11 is 0. The number of hydrogen-bond acceptors (Lipinski definition) is 6. The fourth-order valence-electron chi connectivity index (χ4n) is 2.57. The number of aromatic nitrogens is 2. The van der Waals surface area contributed by atoms with Crippen molar-refractivity contribution in [3.05, 3.63) is 76.1 Å². The Morgan fingerprint density at radius 1 is 1.32 bits per heavy atom. The van der Waals surface area contributed by atoms with E-state index < -0.39 is 14.9 Å². The molecule has 144 valence electrons. The molecule has 2 heterocycles. The predicted molar refractivity (Wildman–Crippen MR) is 106 cm³/mol. The van der Waals surface area contributed by atoms with Gasteiger partial charge in [0.1, 0.15) is 0 Å². The minimum Gasteiger partial charge on any atom is -0.258 e. The van der Waals surface area contributed by atoms with E-state index in [2.05, 4.69) is 16.8 Å². The molecule has 9 nitrogen and oxygen atoms in total. The molecule has 0 N–H and O–H groups in total. The number of benzene rings is 1. The summed E-state index contributed by atoms with van der Waals surface area (Å²) in [6.45, 7) is 5.29. The molecule has 0 saturated heterocycles. The number of hydrazone groups is 1. The third kappa shape index (κ3) is 3.49. The number of rotatable bonds is 6. The zero-order valence-corrected chi connectivity index (χ0v) is 16.0. The highest BCUT2D eigenvalue weighted by atomic mass is 32.2. The van der Waals surface area contributed by atoms with Crippen LogP contribution in [-0.4, -0.2) is 40.6 Å². The second-order valence-corrected chi connectivity index (χ2v) is 7.90. The fraction of sp³-hybridized carbons (Fsp3) is 0.111. The Labute approximate surface area is 161 Å². The summed E-state index contributed by atoms with van der Waals surface area (Å²) in [7, 11) is -2.79. The molecule has 0 atom stereocenters. The average molecular weight is 399 g/mol. The number of pyridine rings is 1. The van der Waals surface area contributed by atoms with Crippen LogP contribution in [0.2, 0.25) is 0 Å². The summed E-state index contributed by atoms with van der Waals surface area (Å²) in [5.74, 6) is 0. The molecular weight excluding hydrogens is 382 g/mol. The maximum absolute atomic E-state index is 12.8. The molecule has 0 aliphatic heterocycles. The Morgan fingerprint density at radius 2 is 2.07 bits per heavy atom. The Morgan fingerprint density at radius 3 is 2.75 bits per heavy atom. The summed E-state index contributed by atoms with van der Waals surface area (Å²) in [6, 6.07) is 7.37. The number of nitro groups is 1. The lowest BCUT2D eigenvalue weighted by Crippen LogP contribution is -2.22. The summed E-state index contributed by atoms with van der Waals surface area (Å²) in [5, 5.41) is 19.2. The molecule has 28 heavy (non-hydrogen) atoms. The van der Waals surface area contributed by atoms with Crippen LogP contribution in [0, 0.1) is 17.0 Å². The number of sulfonamides is 1. The third-order valence-electron chi connectivity index (χ3n) is 4.18. The van der Waals surface area contributed by atoms with Gasteiger partial charge < -0.3 is 0 Å². The van der Waals surface area contributed by atoms with Gasteiger partial charge in [0.2, 0.25) is 0 Å². The quantitative estimate of drug-likeness (QED) is 0.360. The van der Waals surface area contributed by atoms with Gasteiger partial charge in [-0.25, -0.2) is 4.52 Å². The topological polar surface area (TPSA) is 110 Å². The molecule has 0 spiro atoms. The standard InChI is InChI=1S/C18H17N5O4S/c1-4-14-7-8-22-17(9-14)15(12-20-22)11-19-21(3)28(26,27)18-10-16(23(24)25)6-5-13(18)2/h4-12H,1H2,2-3H3/b19-11-. The maximum Gasteiger partial charge on any atom is 0.279 e. The van der Waals surface area contributed by atoms with E-state index in [1.165, 1.54) is 25.4 Å². The van der Waals surface area contributed by atoms with Crippen molar-refractivity contribution in [1.82, 2.24) is 14.0 Å². The molecule has 3 aromatic rings. The number of hydrogen-bond donors (Lipinski definition) is 0. The van der Waals surface area contributed by atoms with Crippen LogP contribution in [0.3, 0.4) is 0 Å². The Balaban J connectivity index is 1.96. The monoisotopic (exact) mass is 399 g/mol. The van der Waals surface area contributed by atoms with Gasteiger partial charge in [-0.2, -0.15) is 23.0 Å². The van der Waals surface area contributed by atoms with E-state index in [9.17, 15) is 18.5 Å². The second kappa shape index (κ2) is 7.24. The normalized spacial score (nSPS) is 11.8. The summed E-state index contributed by atoms with van der Waals surface area (Å²) in [4.78, 5) is 10.2. The van der Waals surface area contributed by atoms with E-state index in [0.29, 0.717) is 11.1 Å². The molecule has 0 amide bonds. The zero-order valence-electron chi connectivity index (χ0n) is 15.2. The molecule has 0 unspecified atom stereocenters. The lowest BCUT2D eigenvalue weighted by Gasteiger charge is -2.15. The van der Waals surface area contributed by atoms with Gasteiger partial charge >= 0.3 is 0 Å². The first kappa shape index (κ1) is 19.2. The lowest BCUT2D eigenvalue weighted by atomic mass is 10.2. The molecule has 0 aliphatic carbocycles. The molecular formula is C18H17N5O4S. The van der Waals surface area contributed by atoms with Crippen molar-refractivity contribution in [1.29, 1.82) is 0 Å². The first-order valence-corrected chi connectivity index (χ1v) is 9.56. The SMILES string of the molecule is C=Cc1ccn2ncc(/C=N\N(C)S(=O)(=O)c3cc([N+](=O)[O-])ccc3C)c2c1. The van der Waals surface area contributed by atoms with Gasteiger partial charge in [-0.3, -0.25) is 10.1 Å². The van der Waals surface area contributed by atoms with Gasteiger partial charge in [0.25, 0.3) is 15.7 Å². The van der Waals surface area contributed by atoms with E-state index in [1.54, 1.807) is 29.9 Å². The van der Waals surface area contributed by atoms with Crippen molar-refractivity contribution in [3.8, 4) is 0 Å². The highest BCUT2D eigenvalue weighted by Crippen LogP contribution is 2.24. The van der Waals surface area contributed by atoms with Crippen LogP contribution in [0.4, 0.5) is 5.69 Å². The van der Waals surface area contributed by atoms with E-state index >= 15 is 0 Å². The van der Waals surface area contributed by atoms with E-state index in [1.807, 2.05) is 12.1 Å². The molecule has 0 radical (unpaired) electrons. The van der Waals surface area contributed by atoms with Gasteiger partial charge in [0, 0.05) is 30.9 Å². The third-order valence-corrected chi connectivity index (χ3v) is 5.96. The number of fused-ring (bicyclic) bond motifs is 1. The highest BCUT2D eigenvalue weighted by molar-refractivity contribution is 7.89. The van der Waals surface area contributed by atoms with Crippen molar-refractivity contribution >= 4 is 33.5 Å². The summed E-state index contributed by atoms with van der Waals surface area (Å²) < 4.78 is 28.0.